The zero-order valence-corrected chi connectivity index (χ0v) is 36.0. The van der Waals surface area contributed by atoms with E-state index in [1.807, 2.05) is 0 Å². The molecule has 0 unspecified atom stereocenters. The molecule has 3 aliphatic heterocycles. The second kappa shape index (κ2) is 20.6. The third kappa shape index (κ3) is 11.1. The molecule has 3 aliphatic rings. The molecule has 348 valence electrons. The molecule has 18 heteroatoms. The smallest absolute Gasteiger partial charge is 0.338 e. The standard InChI is InChI=1S/C49H45NO17/c1-49(2)66-39-37(51)35(61-48(42(39)67-49)60-34-25-23-33(24-26-34)50(56)57)27-59-47-41(65-46(55)32-21-13-6-14-22-32)40(64-45(54)31-19-11-5-12-20-31)38(63-44(53)30-17-9-4-10-18-30)36(62-47)28-58-43(52)29-15-7-3-8-16-29/h3-26,35-42,47-48,51H,27-28H2,1-2H3/t35-,36-,37-,38-,39+,40+,41+,42+,47+,48+/m1/s1. The number of carbonyl (C=O) groups excluding carboxylic acids is 4. The van der Waals surface area contributed by atoms with Gasteiger partial charge in [-0.3, -0.25) is 10.1 Å². The van der Waals surface area contributed by atoms with Crippen molar-refractivity contribution in [3.05, 3.63) is 178 Å². The van der Waals surface area contributed by atoms with Gasteiger partial charge in [-0.1, -0.05) is 72.8 Å². The molecule has 0 aromatic heterocycles. The molecule has 5 aromatic carbocycles. The predicted octanol–water partition coefficient (Wildman–Crippen LogP) is 5.85. The van der Waals surface area contributed by atoms with Crippen molar-refractivity contribution in [2.45, 2.75) is 81.0 Å². The maximum atomic E-state index is 14.0. The van der Waals surface area contributed by atoms with Crippen LogP contribution in [0.5, 0.6) is 5.75 Å². The molecule has 5 aromatic rings. The molecule has 0 spiro atoms. The topological polar surface area (TPSA) is 224 Å². The third-order valence-electron chi connectivity index (χ3n) is 10.9. The van der Waals surface area contributed by atoms with Crippen LogP contribution < -0.4 is 4.74 Å². The van der Waals surface area contributed by atoms with Crippen LogP contribution in [0.3, 0.4) is 0 Å². The van der Waals surface area contributed by atoms with Gasteiger partial charge >= 0.3 is 23.9 Å². The lowest BCUT2D eigenvalue weighted by Gasteiger charge is -2.45. The first-order valence-corrected chi connectivity index (χ1v) is 21.2. The van der Waals surface area contributed by atoms with Gasteiger partial charge in [-0.05, 0) is 74.5 Å². The Balaban J connectivity index is 1.15. The van der Waals surface area contributed by atoms with Crippen molar-refractivity contribution in [1.29, 1.82) is 0 Å². The van der Waals surface area contributed by atoms with Crippen LogP contribution in [0.1, 0.15) is 55.3 Å². The molecule has 0 amide bonds. The summed E-state index contributed by atoms with van der Waals surface area (Å²) < 4.78 is 61.5. The summed E-state index contributed by atoms with van der Waals surface area (Å²) in [4.78, 5) is 66.0. The summed E-state index contributed by atoms with van der Waals surface area (Å²) in [6.07, 6.45) is -14.3. The van der Waals surface area contributed by atoms with Crippen molar-refractivity contribution in [2.24, 2.45) is 0 Å². The van der Waals surface area contributed by atoms with Crippen LogP contribution in [0, 0.1) is 10.1 Å². The van der Waals surface area contributed by atoms with Gasteiger partial charge in [0, 0.05) is 12.1 Å². The average Bonchev–Trinajstić information content (AvgIpc) is 3.69. The number of aliphatic hydroxyl groups excluding tert-OH is 1. The molecule has 67 heavy (non-hydrogen) atoms. The van der Waals surface area contributed by atoms with Gasteiger partial charge in [0.05, 0.1) is 33.8 Å². The number of nitro groups is 1. The van der Waals surface area contributed by atoms with E-state index in [1.165, 1.54) is 72.8 Å². The van der Waals surface area contributed by atoms with Gasteiger partial charge in [0.2, 0.25) is 6.29 Å². The molecule has 1 N–H and O–H groups in total. The van der Waals surface area contributed by atoms with E-state index >= 15 is 0 Å². The Hall–Kier alpha value is -7.06. The summed E-state index contributed by atoms with van der Waals surface area (Å²) in [7, 11) is 0. The van der Waals surface area contributed by atoms with Crippen molar-refractivity contribution in [1.82, 2.24) is 0 Å². The quantitative estimate of drug-likeness (QED) is 0.0562. The number of fused-ring (bicyclic) bond motifs is 1. The minimum atomic E-state index is -1.72. The molecule has 0 saturated carbocycles. The largest absolute Gasteiger partial charge is 0.462 e. The number of hydrogen-bond donors (Lipinski definition) is 1. The highest BCUT2D eigenvalue weighted by Crippen LogP contribution is 2.39. The summed E-state index contributed by atoms with van der Waals surface area (Å²) in [5.41, 5.74) is 0.315. The fraction of sp³-hybridized carbons (Fsp3) is 0.306. The molecular formula is C49H45NO17. The molecular weight excluding hydrogens is 875 g/mol. The van der Waals surface area contributed by atoms with Crippen LogP contribution in [0.15, 0.2) is 146 Å². The van der Waals surface area contributed by atoms with E-state index in [2.05, 4.69) is 0 Å². The minimum absolute atomic E-state index is 0.0915. The molecule has 10 atom stereocenters. The Labute approximate surface area is 383 Å². The van der Waals surface area contributed by atoms with E-state index in [4.69, 9.17) is 47.4 Å². The summed E-state index contributed by atoms with van der Waals surface area (Å²) in [5, 5.41) is 23.1. The molecule has 0 aliphatic carbocycles. The lowest BCUT2D eigenvalue weighted by atomic mass is 9.97. The first-order valence-electron chi connectivity index (χ1n) is 21.2. The normalized spacial score (nSPS) is 26.3. The van der Waals surface area contributed by atoms with E-state index in [-0.39, 0.29) is 33.7 Å². The van der Waals surface area contributed by atoms with Gasteiger partial charge in [-0.15, -0.1) is 0 Å². The highest BCUT2D eigenvalue weighted by Gasteiger charge is 2.58. The van der Waals surface area contributed by atoms with Gasteiger partial charge in [-0.25, -0.2) is 19.2 Å². The first kappa shape index (κ1) is 46.5. The highest BCUT2D eigenvalue weighted by atomic mass is 16.8. The fourth-order valence-electron chi connectivity index (χ4n) is 7.70. The van der Waals surface area contributed by atoms with Crippen molar-refractivity contribution in [2.75, 3.05) is 13.2 Å². The Bertz CT molecular complexity index is 2490. The second-order valence-corrected chi connectivity index (χ2v) is 16.0. The molecule has 0 radical (unpaired) electrons. The van der Waals surface area contributed by atoms with Crippen LogP contribution in [-0.4, -0.2) is 114 Å². The van der Waals surface area contributed by atoms with E-state index in [0.717, 1.165) is 0 Å². The molecule has 0 bridgehead atoms. The maximum absolute atomic E-state index is 14.0. The molecule has 3 saturated heterocycles. The van der Waals surface area contributed by atoms with Gasteiger partial charge in [0.1, 0.15) is 36.8 Å². The van der Waals surface area contributed by atoms with E-state index in [9.17, 15) is 34.4 Å². The number of aliphatic hydroxyl groups is 1. The first-order chi connectivity index (χ1) is 32.3. The number of nitro benzene ring substituents is 1. The summed E-state index contributed by atoms with van der Waals surface area (Å²) >= 11 is 0. The van der Waals surface area contributed by atoms with Crippen LogP contribution in [0.2, 0.25) is 0 Å². The Morgan fingerprint density at radius 1 is 0.567 bits per heavy atom. The summed E-state index contributed by atoms with van der Waals surface area (Å²) in [6.45, 7) is 2.13. The van der Waals surface area contributed by atoms with Crippen LogP contribution >= 0.6 is 0 Å². The maximum Gasteiger partial charge on any atom is 0.338 e. The molecule has 3 fully saturated rings. The van der Waals surface area contributed by atoms with E-state index in [0.29, 0.717) is 0 Å². The zero-order chi connectivity index (χ0) is 47.1. The highest BCUT2D eigenvalue weighted by molar-refractivity contribution is 5.91. The lowest BCUT2D eigenvalue weighted by Crippen LogP contribution is -2.64. The van der Waals surface area contributed by atoms with Gasteiger partial charge in [0.25, 0.3) is 5.69 Å². The van der Waals surface area contributed by atoms with Gasteiger partial charge in [0.15, 0.2) is 36.5 Å². The summed E-state index contributed by atoms with van der Waals surface area (Å²) in [5.74, 6) is -4.48. The number of carbonyl (C=O) groups is 4. The third-order valence-corrected chi connectivity index (χ3v) is 10.9. The van der Waals surface area contributed by atoms with Crippen molar-refractivity contribution in [3.63, 3.8) is 0 Å². The number of hydrogen-bond acceptors (Lipinski definition) is 17. The number of ether oxygens (including phenoxy) is 10. The number of nitrogens with zero attached hydrogens (tertiary/aromatic N) is 1. The van der Waals surface area contributed by atoms with Crippen LogP contribution in [0.4, 0.5) is 5.69 Å². The predicted molar refractivity (Wildman–Crippen MR) is 230 cm³/mol. The van der Waals surface area contributed by atoms with E-state index < -0.39 is 109 Å². The SMILES string of the molecule is CC1(C)O[C@@H]2[C@@H](Oc3ccc([N+](=O)[O-])cc3)O[C@H](CO[C@H]3O[C@H](COC(=O)c4ccccc4)[C@@H](OC(=O)c4ccccc4)[C@H](OC(=O)c4ccccc4)[C@@H]3OC(=O)c3ccccc3)[C@@H](O)[C@@H]2O1. The van der Waals surface area contributed by atoms with Gasteiger partial charge in [-0.2, -0.15) is 0 Å². The Morgan fingerprint density at radius 2 is 1.01 bits per heavy atom. The van der Waals surface area contributed by atoms with Crippen molar-refractivity contribution < 1.29 is 76.6 Å². The number of esters is 4. The minimum Gasteiger partial charge on any atom is -0.462 e. The van der Waals surface area contributed by atoms with Crippen LogP contribution in [-0.2, 0) is 42.6 Å². The average molecular weight is 920 g/mol. The molecule has 18 nitrogen and oxygen atoms in total. The molecule has 3 heterocycles. The number of rotatable bonds is 15. The monoisotopic (exact) mass is 919 g/mol. The Kier molecular flexibility index (Phi) is 14.3. The van der Waals surface area contributed by atoms with Crippen LogP contribution in [0.25, 0.3) is 0 Å². The Morgan fingerprint density at radius 3 is 1.52 bits per heavy atom. The van der Waals surface area contributed by atoms with E-state index in [1.54, 1.807) is 86.6 Å². The number of benzene rings is 5. The lowest BCUT2D eigenvalue weighted by molar-refractivity contribution is -0.384. The summed E-state index contributed by atoms with van der Waals surface area (Å²) in [6, 6.07) is 37.0. The van der Waals surface area contributed by atoms with Gasteiger partial charge < -0.3 is 52.5 Å². The van der Waals surface area contributed by atoms with Crippen molar-refractivity contribution in [3.8, 4) is 5.75 Å². The second-order valence-electron chi connectivity index (χ2n) is 16.0. The zero-order valence-electron chi connectivity index (χ0n) is 36.0. The van der Waals surface area contributed by atoms with Crippen molar-refractivity contribution >= 4 is 29.6 Å². The fourth-order valence-corrected chi connectivity index (χ4v) is 7.70. The number of non-ortho nitro benzene ring substituents is 1. The molecule has 8 rings (SSSR count).